The molecule has 0 radical (unpaired) electrons. The molecule has 1 saturated heterocycles. The molecule has 298 valence electrons. The van der Waals surface area contributed by atoms with E-state index >= 15 is 0 Å². The molecular weight excluding hydrogens is 699 g/mol. The summed E-state index contributed by atoms with van der Waals surface area (Å²) >= 11 is 0. The van der Waals surface area contributed by atoms with Crippen molar-refractivity contribution in [3.63, 3.8) is 0 Å². The van der Waals surface area contributed by atoms with Crippen LogP contribution >= 0.6 is 0 Å². The van der Waals surface area contributed by atoms with Gasteiger partial charge in [-0.25, -0.2) is 4.98 Å². The number of ketones is 1. The third-order valence-corrected chi connectivity index (χ3v) is 11.5. The molecule has 55 heavy (non-hydrogen) atoms. The highest BCUT2D eigenvalue weighted by Gasteiger charge is 2.52. The van der Waals surface area contributed by atoms with Crippen molar-refractivity contribution in [2.45, 2.75) is 135 Å². The summed E-state index contributed by atoms with van der Waals surface area (Å²) in [5, 5.41) is 11.6. The SMILES string of the molecule is CCC[C@H](NC(=O)[C@@H]1[C@H]2CCC[C@H]2CN1C(=O)[C@@H](NC(=O)[C@@H](NC(=O)c1cnccn1)C1CCCCC1)C(C)(C)C)C(=O)C(=O)N[C@@H](C)Cc1ccccc1. The Labute approximate surface area is 325 Å². The van der Waals surface area contributed by atoms with Gasteiger partial charge in [0.15, 0.2) is 0 Å². The molecule has 5 amide bonds. The van der Waals surface area contributed by atoms with Gasteiger partial charge in [0, 0.05) is 25.0 Å². The van der Waals surface area contributed by atoms with Crippen LogP contribution in [0.2, 0.25) is 0 Å². The first-order valence-electron chi connectivity index (χ1n) is 20.1. The first-order chi connectivity index (χ1) is 26.3. The number of benzene rings is 1. The number of fused-ring (bicyclic) bond motifs is 1. The molecule has 0 spiro atoms. The Hall–Kier alpha value is -4.68. The molecule has 2 heterocycles. The number of Topliss-reactive ketones (excluding diaryl/α,β-unsaturated/α-hetero) is 1. The van der Waals surface area contributed by atoms with Gasteiger partial charge >= 0.3 is 0 Å². The quantitative estimate of drug-likeness (QED) is 0.198. The van der Waals surface area contributed by atoms with Crippen molar-refractivity contribution in [2.75, 3.05) is 6.54 Å². The molecule has 0 bridgehead atoms. The third-order valence-electron chi connectivity index (χ3n) is 11.5. The largest absolute Gasteiger partial charge is 0.347 e. The van der Waals surface area contributed by atoms with E-state index in [1.54, 1.807) is 4.90 Å². The minimum atomic E-state index is -1.05. The van der Waals surface area contributed by atoms with E-state index in [-0.39, 0.29) is 41.8 Å². The van der Waals surface area contributed by atoms with Crippen LogP contribution in [0.25, 0.3) is 0 Å². The normalized spacial score (nSPS) is 22.1. The lowest BCUT2D eigenvalue weighted by Gasteiger charge is -2.38. The van der Waals surface area contributed by atoms with E-state index in [9.17, 15) is 28.8 Å². The summed E-state index contributed by atoms with van der Waals surface area (Å²) in [5.74, 6) is -3.43. The lowest BCUT2D eigenvalue weighted by Crippen LogP contribution is -2.62. The summed E-state index contributed by atoms with van der Waals surface area (Å²) < 4.78 is 0. The number of rotatable bonds is 15. The Kier molecular flexibility index (Phi) is 14.2. The van der Waals surface area contributed by atoms with Gasteiger partial charge in [-0.2, -0.15) is 0 Å². The average molecular weight is 758 g/mol. The molecule has 5 rings (SSSR count). The van der Waals surface area contributed by atoms with Crippen LogP contribution in [0.1, 0.15) is 115 Å². The fourth-order valence-corrected chi connectivity index (χ4v) is 8.70. The number of nitrogens with zero attached hydrogens (tertiary/aromatic N) is 3. The van der Waals surface area contributed by atoms with E-state index < -0.39 is 59.0 Å². The first-order valence-corrected chi connectivity index (χ1v) is 20.1. The predicted molar refractivity (Wildman–Crippen MR) is 207 cm³/mol. The molecule has 0 unspecified atom stereocenters. The Morgan fingerprint density at radius 1 is 0.873 bits per heavy atom. The van der Waals surface area contributed by atoms with Gasteiger partial charge < -0.3 is 26.2 Å². The van der Waals surface area contributed by atoms with Gasteiger partial charge in [0.25, 0.3) is 11.8 Å². The zero-order valence-electron chi connectivity index (χ0n) is 33.0. The van der Waals surface area contributed by atoms with Crippen LogP contribution in [0, 0.1) is 23.2 Å². The van der Waals surface area contributed by atoms with Crippen molar-refractivity contribution in [3.05, 3.63) is 60.2 Å². The van der Waals surface area contributed by atoms with Gasteiger partial charge in [-0.3, -0.25) is 33.8 Å². The van der Waals surface area contributed by atoms with Crippen molar-refractivity contribution < 1.29 is 28.8 Å². The van der Waals surface area contributed by atoms with E-state index in [1.807, 2.05) is 65.0 Å². The van der Waals surface area contributed by atoms with E-state index in [4.69, 9.17) is 0 Å². The Balaban J connectivity index is 1.32. The number of carbonyl (C=O) groups excluding carboxylic acids is 6. The van der Waals surface area contributed by atoms with Crippen LogP contribution in [-0.2, 0) is 30.4 Å². The lowest BCUT2D eigenvalue weighted by atomic mass is 9.82. The standard InChI is InChI=1S/C42H59N7O6/c1-6-14-31(35(50)40(54)45-26(2)23-27-15-9-7-10-16-27)46-39(53)34-30-20-13-19-29(30)25-49(34)41(55)36(42(3,4)5)48-38(52)33(28-17-11-8-12-18-28)47-37(51)32-24-43-21-22-44-32/h7,9-10,15-16,21-22,24,26,28-31,33-34,36H,6,8,11-14,17-20,23,25H2,1-5H3,(H,45,54)(H,46,53)(H,47,51)(H,48,52)/t26-,29-,30-,31-,33-,34-,36+/m0/s1. The molecule has 3 fully saturated rings. The maximum absolute atomic E-state index is 14.7. The van der Waals surface area contributed by atoms with E-state index in [2.05, 4.69) is 31.2 Å². The second kappa shape index (κ2) is 18.8. The molecule has 13 nitrogen and oxygen atoms in total. The van der Waals surface area contributed by atoms with Gasteiger partial charge in [0.1, 0.15) is 23.8 Å². The van der Waals surface area contributed by atoms with Gasteiger partial charge in [0.2, 0.25) is 23.5 Å². The fourth-order valence-electron chi connectivity index (χ4n) is 8.70. The minimum Gasteiger partial charge on any atom is -0.347 e. The molecule has 2 aromatic rings. The molecule has 3 aliphatic rings. The molecule has 1 aliphatic heterocycles. The zero-order chi connectivity index (χ0) is 39.7. The van der Waals surface area contributed by atoms with Crippen molar-refractivity contribution in [2.24, 2.45) is 23.2 Å². The van der Waals surface area contributed by atoms with E-state index in [0.29, 0.717) is 19.4 Å². The van der Waals surface area contributed by atoms with Crippen LogP contribution in [0.3, 0.4) is 0 Å². The first kappa shape index (κ1) is 41.5. The number of carbonyl (C=O) groups is 6. The van der Waals surface area contributed by atoms with Crippen LogP contribution < -0.4 is 21.3 Å². The molecular formula is C42H59N7O6. The van der Waals surface area contributed by atoms with Crippen molar-refractivity contribution in [3.8, 4) is 0 Å². The second-order valence-electron chi connectivity index (χ2n) is 16.8. The molecule has 4 N–H and O–H groups in total. The highest BCUT2D eigenvalue weighted by molar-refractivity contribution is 6.38. The Morgan fingerprint density at radius 3 is 2.25 bits per heavy atom. The van der Waals surface area contributed by atoms with Crippen LogP contribution in [0.15, 0.2) is 48.9 Å². The van der Waals surface area contributed by atoms with Crippen LogP contribution in [-0.4, -0.2) is 86.9 Å². The monoisotopic (exact) mass is 757 g/mol. The topological polar surface area (TPSA) is 180 Å². The number of aromatic nitrogens is 2. The maximum Gasteiger partial charge on any atom is 0.289 e. The maximum atomic E-state index is 14.7. The van der Waals surface area contributed by atoms with E-state index in [1.165, 1.54) is 18.6 Å². The second-order valence-corrected chi connectivity index (χ2v) is 16.8. The Morgan fingerprint density at radius 2 is 1.60 bits per heavy atom. The molecule has 2 saturated carbocycles. The minimum absolute atomic E-state index is 0.0936. The van der Waals surface area contributed by atoms with Gasteiger partial charge in [-0.1, -0.05) is 90.1 Å². The third kappa shape index (κ3) is 10.5. The predicted octanol–water partition coefficient (Wildman–Crippen LogP) is 3.91. The van der Waals surface area contributed by atoms with Gasteiger partial charge in [-0.05, 0) is 74.2 Å². The summed E-state index contributed by atoms with van der Waals surface area (Å²) in [5.41, 5.74) is 0.364. The van der Waals surface area contributed by atoms with Gasteiger partial charge in [-0.15, -0.1) is 0 Å². The highest BCUT2D eigenvalue weighted by Crippen LogP contribution is 2.43. The summed E-state index contributed by atoms with van der Waals surface area (Å²) in [4.78, 5) is 92.9. The molecule has 2 aliphatic carbocycles. The van der Waals surface area contributed by atoms with Gasteiger partial charge in [0.05, 0.1) is 12.2 Å². The molecule has 1 aromatic carbocycles. The number of nitrogens with one attached hydrogen (secondary N) is 4. The van der Waals surface area contributed by atoms with Crippen LogP contribution in [0.5, 0.6) is 0 Å². The Bertz CT molecular complexity index is 1660. The summed E-state index contributed by atoms with van der Waals surface area (Å²) in [6.07, 6.45) is 12.6. The van der Waals surface area contributed by atoms with Crippen molar-refractivity contribution in [1.82, 2.24) is 36.1 Å². The summed E-state index contributed by atoms with van der Waals surface area (Å²) in [6, 6.07) is 5.54. The summed E-state index contributed by atoms with van der Waals surface area (Å²) in [6.45, 7) is 9.66. The van der Waals surface area contributed by atoms with Crippen LogP contribution in [0.4, 0.5) is 0 Å². The van der Waals surface area contributed by atoms with Crippen molar-refractivity contribution >= 4 is 35.3 Å². The average Bonchev–Trinajstić information content (AvgIpc) is 3.78. The number of amides is 5. The molecule has 13 heteroatoms. The smallest absolute Gasteiger partial charge is 0.289 e. The highest BCUT2D eigenvalue weighted by atomic mass is 16.2. The molecule has 1 aromatic heterocycles. The number of likely N-dealkylation sites (tertiary alicyclic amines) is 1. The van der Waals surface area contributed by atoms with Crippen molar-refractivity contribution in [1.29, 1.82) is 0 Å². The fraction of sp³-hybridized carbons (Fsp3) is 0.619. The summed E-state index contributed by atoms with van der Waals surface area (Å²) in [7, 11) is 0. The molecule has 7 atom stereocenters. The van der Waals surface area contributed by atoms with E-state index in [0.717, 1.165) is 56.9 Å². The zero-order valence-corrected chi connectivity index (χ0v) is 33.0. The number of hydrogen-bond donors (Lipinski definition) is 4. The lowest BCUT2D eigenvalue weighted by molar-refractivity contribution is -0.146. The number of hydrogen-bond acceptors (Lipinski definition) is 8.